The maximum Gasteiger partial charge on any atom is 0.196 e. The SMILES string of the molecule is CN(C)c1ccc(C(=O)c2ccccc2)c(O)c1O. The van der Waals surface area contributed by atoms with E-state index in [9.17, 15) is 15.0 Å². The molecule has 2 N–H and O–H groups in total. The van der Waals surface area contributed by atoms with Gasteiger partial charge in [-0.3, -0.25) is 4.79 Å². The van der Waals surface area contributed by atoms with Crippen LogP contribution in [0.25, 0.3) is 0 Å². The summed E-state index contributed by atoms with van der Waals surface area (Å²) >= 11 is 0. The maximum atomic E-state index is 12.2. The number of phenols is 2. The molecule has 0 unspecified atom stereocenters. The molecule has 0 fully saturated rings. The van der Waals surface area contributed by atoms with Crippen LogP contribution in [0.4, 0.5) is 5.69 Å². The largest absolute Gasteiger partial charge is 0.504 e. The van der Waals surface area contributed by atoms with Gasteiger partial charge in [-0.05, 0) is 12.1 Å². The van der Waals surface area contributed by atoms with Crippen molar-refractivity contribution in [3.63, 3.8) is 0 Å². The predicted octanol–water partition coefficient (Wildman–Crippen LogP) is 2.39. The molecule has 98 valence electrons. The van der Waals surface area contributed by atoms with Gasteiger partial charge in [-0.2, -0.15) is 0 Å². The number of nitrogens with zero attached hydrogens (tertiary/aromatic N) is 1. The lowest BCUT2D eigenvalue weighted by Crippen LogP contribution is -2.10. The standard InChI is InChI=1S/C15H15NO3/c1-16(2)12-9-8-11(14(18)15(12)19)13(17)10-6-4-3-5-7-10/h3-9,18-19H,1-2H3. The van der Waals surface area contributed by atoms with Crippen LogP contribution in [0, 0.1) is 0 Å². The highest BCUT2D eigenvalue weighted by atomic mass is 16.3. The molecule has 19 heavy (non-hydrogen) atoms. The lowest BCUT2D eigenvalue weighted by molar-refractivity contribution is 0.103. The quantitative estimate of drug-likeness (QED) is 0.654. The summed E-state index contributed by atoms with van der Waals surface area (Å²) in [4.78, 5) is 13.9. The summed E-state index contributed by atoms with van der Waals surface area (Å²) in [5.74, 6) is -0.995. The maximum absolute atomic E-state index is 12.2. The summed E-state index contributed by atoms with van der Waals surface area (Å²) < 4.78 is 0. The molecule has 2 aromatic carbocycles. The molecule has 0 saturated carbocycles. The second-order valence-electron chi connectivity index (χ2n) is 4.42. The second-order valence-corrected chi connectivity index (χ2v) is 4.42. The molecule has 0 aliphatic heterocycles. The van der Waals surface area contributed by atoms with E-state index in [0.717, 1.165) is 0 Å². The van der Waals surface area contributed by atoms with Gasteiger partial charge >= 0.3 is 0 Å². The number of phenolic OH excluding ortho intramolecular Hbond substituents is 2. The van der Waals surface area contributed by atoms with E-state index in [2.05, 4.69) is 0 Å². The molecule has 0 spiro atoms. The smallest absolute Gasteiger partial charge is 0.196 e. The van der Waals surface area contributed by atoms with Gasteiger partial charge in [0.25, 0.3) is 0 Å². The van der Waals surface area contributed by atoms with Crippen molar-refractivity contribution < 1.29 is 15.0 Å². The molecular weight excluding hydrogens is 242 g/mol. The van der Waals surface area contributed by atoms with Crippen LogP contribution in [-0.4, -0.2) is 30.1 Å². The summed E-state index contributed by atoms with van der Waals surface area (Å²) in [6, 6.07) is 11.8. The summed E-state index contributed by atoms with van der Waals surface area (Å²) in [5, 5.41) is 19.9. The number of aromatic hydroxyl groups is 2. The molecule has 0 amide bonds. The van der Waals surface area contributed by atoms with E-state index in [1.165, 1.54) is 6.07 Å². The lowest BCUT2D eigenvalue weighted by Gasteiger charge is -2.16. The van der Waals surface area contributed by atoms with Gasteiger partial charge < -0.3 is 15.1 Å². The van der Waals surface area contributed by atoms with Crippen LogP contribution < -0.4 is 4.90 Å². The van der Waals surface area contributed by atoms with Crippen LogP contribution in [0.5, 0.6) is 11.5 Å². The number of carbonyl (C=O) groups excluding carboxylic acids is 1. The van der Waals surface area contributed by atoms with Crippen molar-refractivity contribution in [1.82, 2.24) is 0 Å². The third-order valence-electron chi connectivity index (χ3n) is 2.89. The first-order chi connectivity index (χ1) is 9.02. The average Bonchev–Trinajstić information content (AvgIpc) is 2.41. The second kappa shape index (κ2) is 5.02. The van der Waals surface area contributed by atoms with Crippen molar-refractivity contribution in [2.45, 2.75) is 0 Å². The Morgan fingerprint density at radius 3 is 2.16 bits per heavy atom. The molecule has 0 aromatic heterocycles. The number of hydrogen-bond donors (Lipinski definition) is 2. The highest BCUT2D eigenvalue weighted by molar-refractivity contribution is 6.11. The fraction of sp³-hybridized carbons (Fsp3) is 0.133. The van der Waals surface area contributed by atoms with E-state index in [0.29, 0.717) is 11.3 Å². The molecular formula is C15H15NO3. The Morgan fingerprint density at radius 2 is 1.58 bits per heavy atom. The van der Waals surface area contributed by atoms with Crippen molar-refractivity contribution in [3.05, 3.63) is 53.6 Å². The number of ketones is 1. The summed E-state index contributed by atoms with van der Waals surface area (Å²) in [7, 11) is 3.49. The van der Waals surface area contributed by atoms with Crippen LogP contribution in [-0.2, 0) is 0 Å². The highest BCUT2D eigenvalue weighted by Gasteiger charge is 2.19. The van der Waals surface area contributed by atoms with Gasteiger partial charge in [-0.15, -0.1) is 0 Å². The van der Waals surface area contributed by atoms with Crippen LogP contribution in [0.15, 0.2) is 42.5 Å². The Balaban J connectivity index is 2.48. The molecule has 0 radical (unpaired) electrons. The number of anilines is 1. The van der Waals surface area contributed by atoms with E-state index < -0.39 is 0 Å². The Morgan fingerprint density at radius 1 is 0.947 bits per heavy atom. The molecule has 0 atom stereocenters. The van der Waals surface area contributed by atoms with E-state index in [-0.39, 0.29) is 22.8 Å². The van der Waals surface area contributed by atoms with Crippen LogP contribution >= 0.6 is 0 Å². The fourth-order valence-electron chi connectivity index (χ4n) is 1.86. The lowest BCUT2D eigenvalue weighted by atomic mass is 10.0. The zero-order chi connectivity index (χ0) is 14.0. The number of rotatable bonds is 3. The topological polar surface area (TPSA) is 60.8 Å². The van der Waals surface area contributed by atoms with Gasteiger partial charge in [-0.1, -0.05) is 30.3 Å². The van der Waals surface area contributed by atoms with Crippen molar-refractivity contribution >= 4 is 11.5 Å². The molecule has 2 aromatic rings. The minimum Gasteiger partial charge on any atom is -0.504 e. The molecule has 0 saturated heterocycles. The molecule has 2 rings (SSSR count). The van der Waals surface area contributed by atoms with Crippen molar-refractivity contribution in [1.29, 1.82) is 0 Å². The summed E-state index contributed by atoms with van der Waals surface area (Å²) in [6.07, 6.45) is 0. The zero-order valence-corrected chi connectivity index (χ0v) is 10.8. The van der Waals surface area contributed by atoms with Gasteiger partial charge in [0, 0.05) is 19.7 Å². The molecule has 4 nitrogen and oxygen atoms in total. The molecule has 0 aliphatic carbocycles. The monoisotopic (exact) mass is 257 g/mol. The first-order valence-electron chi connectivity index (χ1n) is 5.84. The summed E-state index contributed by atoms with van der Waals surface area (Å²) in [5.41, 5.74) is 1.02. The molecule has 0 aliphatic rings. The van der Waals surface area contributed by atoms with Gasteiger partial charge in [-0.25, -0.2) is 0 Å². The third-order valence-corrected chi connectivity index (χ3v) is 2.89. The predicted molar refractivity (Wildman–Crippen MR) is 74.0 cm³/mol. The zero-order valence-electron chi connectivity index (χ0n) is 10.8. The van der Waals surface area contributed by atoms with E-state index in [4.69, 9.17) is 0 Å². The Hall–Kier alpha value is -2.49. The normalized spacial score (nSPS) is 10.2. The first-order valence-corrected chi connectivity index (χ1v) is 5.84. The average molecular weight is 257 g/mol. The fourth-order valence-corrected chi connectivity index (χ4v) is 1.86. The van der Waals surface area contributed by atoms with E-state index in [1.807, 2.05) is 6.07 Å². The van der Waals surface area contributed by atoms with Crippen LogP contribution in [0.1, 0.15) is 15.9 Å². The van der Waals surface area contributed by atoms with Gasteiger partial charge in [0.15, 0.2) is 17.3 Å². The Kier molecular flexibility index (Phi) is 3.42. The van der Waals surface area contributed by atoms with Crippen molar-refractivity contribution in [3.8, 4) is 11.5 Å². The van der Waals surface area contributed by atoms with Gasteiger partial charge in [0.1, 0.15) is 0 Å². The minimum absolute atomic E-state index is 0.0919. The third kappa shape index (κ3) is 2.38. The van der Waals surface area contributed by atoms with Gasteiger partial charge in [0.05, 0.1) is 11.3 Å². The highest BCUT2D eigenvalue weighted by Crippen LogP contribution is 2.38. The Labute approximate surface area is 111 Å². The molecule has 0 bridgehead atoms. The van der Waals surface area contributed by atoms with Crippen molar-refractivity contribution in [2.24, 2.45) is 0 Å². The number of hydrogen-bond acceptors (Lipinski definition) is 4. The first kappa shape index (κ1) is 13.0. The van der Waals surface area contributed by atoms with E-state index >= 15 is 0 Å². The van der Waals surface area contributed by atoms with E-state index in [1.54, 1.807) is 49.3 Å². The van der Waals surface area contributed by atoms with Gasteiger partial charge in [0.2, 0.25) is 0 Å². The van der Waals surface area contributed by atoms with Crippen LogP contribution in [0.3, 0.4) is 0 Å². The Bertz CT molecular complexity index is 606. The number of benzene rings is 2. The minimum atomic E-state index is -0.389. The summed E-state index contributed by atoms with van der Waals surface area (Å²) in [6.45, 7) is 0. The molecule has 0 heterocycles. The van der Waals surface area contributed by atoms with Crippen molar-refractivity contribution in [2.75, 3.05) is 19.0 Å². The molecule has 4 heteroatoms. The number of carbonyl (C=O) groups is 1. The van der Waals surface area contributed by atoms with Crippen LogP contribution in [0.2, 0.25) is 0 Å².